The van der Waals surface area contributed by atoms with Crippen LogP contribution >= 0.6 is 0 Å². The summed E-state index contributed by atoms with van der Waals surface area (Å²) in [6.45, 7) is 6.71. The van der Waals surface area contributed by atoms with Crippen molar-refractivity contribution in [2.45, 2.75) is 367 Å². The Hall–Kier alpha value is -1.85. The first-order valence-corrected chi connectivity index (χ1v) is 31.7. The third-order valence-electron chi connectivity index (χ3n) is 14.5. The van der Waals surface area contributed by atoms with Gasteiger partial charge in [-0.15, -0.1) is 0 Å². The maximum atomic E-state index is 12.9. The second-order valence-electron chi connectivity index (χ2n) is 21.7. The van der Waals surface area contributed by atoms with Gasteiger partial charge in [-0.1, -0.05) is 309 Å². The molecule has 0 heterocycles. The summed E-state index contributed by atoms with van der Waals surface area (Å²) in [6.07, 6.45) is 69.2. The van der Waals surface area contributed by atoms with Crippen LogP contribution in [0.1, 0.15) is 361 Å². The Kier molecular flexibility index (Phi) is 58.1. The van der Waals surface area contributed by atoms with E-state index in [0.29, 0.717) is 19.3 Å². The van der Waals surface area contributed by atoms with Gasteiger partial charge in [-0.25, -0.2) is 0 Å². The van der Waals surface area contributed by atoms with E-state index in [1.54, 1.807) is 0 Å². The number of hydrogen-bond donors (Lipinski definition) is 0. The van der Waals surface area contributed by atoms with Crippen molar-refractivity contribution < 1.29 is 28.6 Å². The number of ether oxygens (including phenoxy) is 3. The zero-order valence-electron chi connectivity index (χ0n) is 47.6. The van der Waals surface area contributed by atoms with Crippen LogP contribution in [-0.4, -0.2) is 37.2 Å². The van der Waals surface area contributed by atoms with Crippen LogP contribution in [0.4, 0.5) is 0 Å². The van der Waals surface area contributed by atoms with Crippen molar-refractivity contribution in [3.05, 3.63) is 12.2 Å². The van der Waals surface area contributed by atoms with Gasteiger partial charge >= 0.3 is 17.9 Å². The molecule has 1 atom stereocenters. The zero-order chi connectivity index (χ0) is 50.7. The van der Waals surface area contributed by atoms with Gasteiger partial charge in [-0.2, -0.15) is 0 Å². The van der Waals surface area contributed by atoms with Crippen LogP contribution in [0.15, 0.2) is 12.2 Å². The van der Waals surface area contributed by atoms with Gasteiger partial charge in [-0.3, -0.25) is 14.4 Å². The molecule has 0 amide bonds. The van der Waals surface area contributed by atoms with Crippen LogP contribution in [0.5, 0.6) is 0 Å². The topological polar surface area (TPSA) is 78.9 Å². The van der Waals surface area contributed by atoms with E-state index in [9.17, 15) is 14.4 Å². The number of carbonyl (C=O) groups is 3. The first kappa shape index (κ1) is 68.2. The van der Waals surface area contributed by atoms with Gasteiger partial charge in [0.25, 0.3) is 0 Å². The van der Waals surface area contributed by atoms with Gasteiger partial charge in [-0.05, 0) is 44.9 Å². The van der Waals surface area contributed by atoms with Crippen LogP contribution < -0.4 is 0 Å². The van der Waals surface area contributed by atoms with E-state index in [2.05, 4.69) is 32.9 Å². The third-order valence-corrected chi connectivity index (χ3v) is 14.5. The van der Waals surface area contributed by atoms with Crippen LogP contribution in [0.3, 0.4) is 0 Å². The van der Waals surface area contributed by atoms with Crippen molar-refractivity contribution in [1.82, 2.24) is 0 Å². The predicted molar refractivity (Wildman–Crippen MR) is 303 cm³/mol. The molecule has 70 heavy (non-hydrogen) atoms. The Morgan fingerprint density at radius 2 is 0.471 bits per heavy atom. The van der Waals surface area contributed by atoms with Crippen LogP contribution in [-0.2, 0) is 28.6 Å². The lowest BCUT2D eigenvalue weighted by Gasteiger charge is -2.18. The van der Waals surface area contributed by atoms with Gasteiger partial charge in [0.05, 0.1) is 0 Å². The van der Waals surface area contributed by atoms with E-state index in [4.69, 9.17) is 14.2 Å². The maximum absolute atomic E-state index is 12.9. The van der Waals surface area contributed by atoms with Gasteiger partial charge in [0, 0.05) is 19.3 Å². The highest BCUT2D eigenvalue weighted by molar-refractivity contribution is 5.71. The Bertz CT molecular complexity index is 1090. The SMILES string of the molecule is CCCCCCCC/C=C\CCCCCCCCCCCC(=O)OCC(COC(=O)CCCCCCCCCCCCCCCCCC)OC(=O)CCCCCCCCCCCCCCCCCCC. The smallest absolute Gasteiger partial charge is 0.306 e. The maximum Gasteiger partial charge on any atom is 0.306 e. The van der Waals surface area contributed by atoms with E-state index in [1.807, 2.05) is 0 Å². The van der Waals surface area contributed by atoms with E-state index >= 15 is 0 Å². The molecule has 6 nitrogen and oxygen atoms in total. The summed E-state index contributed by atoms with van der Waals surface area (Å²) < 4.78 is 17.0. The molecular formula is C64H122O6. The summed E-state index contributed by atoms with van der Waals surface area (Å²) in [4.78, 5) is 38.3. The molecule has 0 aromatic rings. The third kappa shape index (κ3) is 57.1. The molecule has 0 saturated carbocycles. The summed E-state index contributed by atoms with van der Waals surface area (Å²) in [5.41, 5.74) is 0. The average molecular weight is 988 g/mol. The van der Waals surface area contributed by atoms with Crippen molar-refractivity contribution in [3.8, 4) is 0 Å². The number of esters is 3. The first-order chi connectivity index (χ1) is 34.5. The fraction of sp³-hybridized carbons (Fsp3) is 0.922. The first-order valence-electron chi connectivity index (χ1n) is 31.7. The molecule has 0 aliphatic heterocycles. The Morgan fingerprint density at radius 3 is 0.714 bits per heavy atom. The van der Waals surface area contributed by atoms with E-state index in [-0.39, 0.29) is 31.1 Å². The van der Waals surface area contributed by atoms with Gasteiger partial charge in [0.15, 0.2) is 6.10 Å². The molecule has 0 aromatic heterocycles. The number of unbranched alkanes of at least 4 members (excludes halogenated alkanes) is 46. The lowest BCUT2D eigenvalue weighted by atomic mass is 10.0. The molecule has 0 saturated heterocycles. The minimum Gasteiger partial charge on any atom is -0.462 e. The number of hydrogen-bond acceptors (Lipinski definition) is 6. The van der Waals surface area contributed by atoms with Crippen LogP contribution in [0.2, 0.25) is 0 Å². The number of allylic oxidation sites excluding steroid dienone is 2. The minimum atomic E-state index is -0.766. The largest absolute Gasteiger partial charge is 0.462 e. The fourth-order valence-corrected chi connectivity index (χ4v) is 9.74. The highest BCUT2D eigenvalue weighted by Crippen LogP contribution is 2.18. The van der Waals surface area contributed by atoms with Crippen LogP contribution in [0.25, 0.3) is 0 Å². The molecule has 0 aromatic carbocycles. The van der Waals surface area contributed by atoms with E-state index in [1.165, 1.54) is 263 Å². The molecular weight excluding hydrogens is 865 g/mol. The zero-order valence-corrected chi connectivity index (χ0v) is 47.6. The normalized spacial score (nSPS) is 12.0. The number of carbonyl (C=O) groups excluding carboxylic acids is 3. The molecule has 0 rings (SSSR count). The highest BCUT2D eigenvalue weighted by atomic mass is 16.6. The van der Waals surface area contributed by atoms with E-state index in [0.717, 1.165) is 57.8 Å². The molecule has 1 unspecified atom stereocenters. The van der Waals surface area contributed by atoms with Gasteiger partial charge < -0.3 is 14.2 Å². The Morgan fingerprint density at radius 1 is 0.271 bits per heavy atom. The summed E-state index contributed by atoms with van der Waals surface area (Å²) in [5.74, 6) is -0.835. The second-order valence-corrected chi connectivity index (χ2v) is 21.7. The van der Waals surface area contributed by atoms with Crippen molar-refractivity contribution in [2.24, 2.45) is 0 Å². The molecule has 0 fully saturated rings. The van der Waals surface area contributed by atoms with Gasteiger partial charge in [0.1, 0.15) is 13.2 Å². The summed E-state index contributed by atoms with van der Waals surface area (Å²) in [7, 11) is 0. The molecule has 6 heteroatoms. The molecule has 0 bridgehead atoms. The standard InChI is InChI=1S/C64H122O6/c1-4-7-10-13-16-19-22-25-28-31-32-34-36-39-42-45-48-51-54-57-63(66)69-60-61(59-68-62(65)56-53-50-47-44-41-38-35-30-27-24-21-18-15-12-9-6-3)70-64(67)58-55-52-49-46-43-40-37-33-29-26-23-20-17-14-11-8-5-2/h25,28,61H,4-24,26-27,29-60H2,1-3H3/b28-25-. The Labute approximate surface area is 437 Å². The van der Waals surface area contributed by atoms with E-state index < -0.39 is 6.10 Å². The highest BCUT2D eigenvalue weighted by Gasteiger charge is 2.19. The summed E-state index contributed by atoms with van der Waals surface area (Å²) in [6, 6.07) is 0. The summed E-state index contributed by atoms with van der Waals surface area (Å²) in [5, 5.41) is 0. The monoisotopic (exact) mass is 987 g/mol. The van der Waals surface area contributed by atoms with Crippen molar-refractivity contribution in [1.29, 1.82) is 0 Å². The predicted octanol–water partition coefficient (Wildman–Crippen LogP) is 21.3. The quantitative estimate of drug-likeness (QED) is 0.0261. The lowest BCUT2D eigenvalue weighted by Crippen LogP contribution is -2.30. The molecule has 0 spiro atoms. The van der Waals surface area contributed by atoms with Crippen LogP contribution in [0, 0.1) is 0 Å². The molecule has 414 valence electrons. The molecule has 0 aliphatic rings. The van der Waals surface area contributed by atoms with Gasteiger partial charge in [0.2, 0.25) is 0 Å². The molecule has 0 radical (unpaired) electrons. The summed E-state index contributed by atoms with van der Waals surface area (Å²) >= 11 is 0. The lowest BCUT2D eigenvalue weighted by molar-refractivity contribution is -0.167. The van der Waals surface area contributed by atoms with Crippen molar-refractivity contribution in [3.63, 3.8) is 0 Å². The number of rotatable bonds is 59. The second kappa shape index (κ2) is 59.7. The minimum absolute atomic E-state index is 0.0638. The Balaban J connectivity index is 4.30. The fourth-order valence-electron chi connectivity index (χ4n) is 9.74. The molecule has 0 N–H and O–H groups in total. The van der Waals surface area contributed by atoms with Crippen molar-refractivity contribution >= 4 is 17.9 Å². The average Bonchev–Trinajstić information content (AvgIpc) is 3.36. The molecule has 0 aliphatic carbocycles. The van der Waals surface area contributed by atoms with Crippen molar-refractivity contribution in [2.75, 3.05) is 13.2 Å².